The van der Waals surface area contributed by atoms with Crippen molar-refractivity contribution in [2.45, 2.75) is 51.4 Å². The Kier molecular flexibility index (Phi) is 3.51. The van der Waals surface area contributed by atoms with Crippen molar-refractivity contribution >= 4 is 22.1 Å². The van der Waals surface area contributed by atoms with Crippen molar-refractivity contribution < 1.29 is 0 Å². The maximum Gasteiger partial charge on any atom is 0.185 e. The lowest BCUT2D eigenvalue weighted by atomic mass is 9.96. The van der Waals surface area contributed by atoms with E-state index >= 15 is 0 Å². The van der Waals surface area contributed by atoms with Crippen LogP contribution in [0.15, 0.2) is 12.1 Å². The van der Waals surface area contributed by atoms with Gasteiger partial charge in [0, 0.05) is 29.8 Å². The molecule has 0 amide bonds. The molecular formula is C18H22N6S. The van der Waals surface area contributed by atoms with Gasteiger partial charge in [-0.05, 0) is 51.7 Å². The molecule has 0 radical (unpaired) electrons. The van der Waals surface area contributed by atoms with Gasteiger partial charge < -0.3 is 4.90 Å². The Hall–Kier alpha value is -2.02. The van der Waals surface area contributed by atoms with E-state index in [0.29, 0.717) is 11.8 Å². The Balaban J connectivity index is 1.36. The lowest BCUT2D eigenvalue weighted by Gasteiger charge is -2.30. The normalized spacial score (nSPS) is 19.0. The number of aryl methyl sites for hydroxylation is 2. The molecule has 3 aromatic heterocycles. The number of fused-ring (bicyclic) bond motifs is 1. The van der Waals surface area contributed by atoms with Crippen molar-refractivity contribution in [2.75, 3.05) is 18.0 Å². The third-order valence-electron chi connectivity index (χ3n) is 5.45. The molecule has 5 rings (SSSR count). The molecule has 3 aromatic rings. The highest BCUT2D eigenvalue weighted by atomic mass is 32.1. The summed E-state index contributed by atoms with van der Waals surface area (Å²) in [5, 5.41) is 14.8. The van der Waals surface area contributed by atoms with Gasteiger partial charge in [0.2, 0.25) is 0 Å². The zero-order valence-corrected chi connectivity index (χ0v) is 15.5. The van der Waals surface area contributed by atoms with Crippen LogP contribution in [0.1, 0.15) is 59.6 Å². The molecule has 6 nitrogen and oxygen atoms in total. The fourth-order valence-corrected chi connectivity index (χ4v) is 4.55. The van der Waals surface area contributed by atoms with Crippen LogP contribution in [0, 0.1) is 13.8 Å². The summed E-state index contributed by atoms with van der Waals surface area (Å²) < 4.78 is 1.99. The highest BCUT2D eigenvalue weighted by molar-refractivity contribution is 7.15. The summed E-state index contributed by atoms with van der Waals surface area (Å²) >= 11 is 1.80. The van der Waals surface area contributed by atoms with Crippen LogP contribution < -0.4 is 4.90 Å². The molecule has 0 spiro atoms. The van der Waals surface area contributed by atoms with Crippen LogP contribution in [0.25, 0.3) is 5.65 Å². The average Bonchev–Trinajstić information content (AvgIpc) is 3.32. The largest absolute Gasteiger partial charge is 0.348 e. The molecule has 25 heavy (non-hydrogen) atoms. The molecule has 2 aliphatic rings. The zero-order chi connectivity index (χ0) is 17.0. The van der Waals surface area contributed by atoms with Crippen molar-refractivity contribution in [3.8, 4) is 0 Å². The van der Waals surface area contributed by atoms with Crippen LogP contribution in [0.3, 0.4) is 0 Å². The molecule has 1 saturated carbocycles. The molecule has 1 aliphatic heterocycles. The topological polar surface area (TPSA) is 59.2 Å². The summed E-state index contributed by atoms with van der Waals surface area (Å²) in [6.45, 7) is 6.28. The molecule has 7 heteroatoms. The Morgan fingerprint density at radius 1 is 1.00 bits per heavy atom. The molecule has 0 unspecified atom stereocenters. The van der Waals surface area contributed by atoms with Crippen molar-refractivity contribution in [2.24, 2.45) is 0 Å². The number of aromatic nitrogens is 5. The second-order valence-corrected chi connectivity index (χ2v) is 8.44. The predicted octanol–water partition coefficient (Wildman–Crippen LogP) is 3.46. The van der Waals surface area contributed by atoms with E-state index in [9.17, 15) is 0 Å². The molecule has 4 heterocycles. The van der Waals surface area contributed by atoms with Gasteiger partial charge in [0.05, 0.1) is 11.4 Å². The van der Waals surface area contributed by atoms with Crippen molar-refractivity contribution in [3.05, 3.63) is 34.2 Å². The molecule has 0 N–H and O–H groups in total. The van der Waals surface area contributed by atoms with E-state index in [2.05, 4.69) is 41.1 Å². The van der Waals surface area contributed by atoms with Crippen LogP contribution in [-0.2, 0) is 0 Å². The first-order valence-corrected chi connectivity index (χ1v) is 9.92. The number of anilines is 1. The standard InChI is InChI=1S/C18H22N6S/c1-11-12(2)25-18(19-11)23-9-7-14(8-10-23)17-21-20-16-6-5-15(13-3-4-13)22-24(16)17/h5-6,13-14H,3-4,7-10H2,1-2H3. The van der Waals surface area contributed by atoms with Crippen molar-refractivity contribution in [3.63, 3.8) is 0 Å². The predicted molar refractivity (Wildman–Crippen MR) is 98.5 cm³/mol. The zero-order valence-electron chi connectivity index (χ0n) is 14.6. The van der Waals surface area contributed by atoms with E-state index < -0.39 is 0 Å². The molecule has 0 bridgehead atoms. The second-order valence-electron chi connectivity index (χ2n) is 7.26. The summed E-state index contributed by atoms with van der Waals surface area (Å²) in [6, 6.07) is 4.18. The fourth-order valence-electron chi connectivity index (χ4n) is 3.59. The van der Waals surface area contributed by atoms with E-state index in [1.807, 2.05) is 4.52 Å². The monoisotopic (exact) mass is 354 g/mol. The van der Waals surface area contributed by atoms with Gasteiger partial charge in [0.1, 0.15) is 0 Å². The first kappa shape index (κ1) is 15.3. The van der Waals surface area contributed by atoms with Crippen molar-refractivity contribution in [1.82, 2.24) is 24.8 Å². The van der Waals surface area contributed by atoms with Gasteiger partial charge in [-0.1, -0.05) is 0 Å². The highest BCUT2D eigenvalue weighted by Crippen LogP contribution is 2.39. The van der Waals surface area contributed by atoms with E-state index in [1.54, 1.807) is 11.3 Å². The molecule has 130 valence electrons. The third-order valence-corrected chi connectivity index (χ3v) is 6.58. The maximum absolute atomic E-state index is 4.83. The lowest BCUT2D eigenvalue weighted by Crippen LogP contribution is -2.33. The first-order chi connectivity index (χ1) is 12.2. The maximum atomic E-state index is 4.83. The van der Waals surface area contributed by atoms with Crippen LogP contribution in [0.5, 0.6) is 0 Å². The summed E-state index contributed by atoms with van der Waals surface area (Å²) in [5.41, 5.74) is 3.22. The molecular weight excluding hydrogens is 332 g/mol. The van der Waals surface area contributed by atoms with Gasteiger partial charge in [0.15, 0.2) is 16.6 Å². The van der Waals surface area contributed by atoms with E-state index in [1.165, 1.54) is 23.4 Å². The number of hydrogen-bond acceptors (Lipinski definition) is 6. The van der Waals surface area contributed by atoms with Gasteiger partial charge in [-0.3, -0.25) is 0 Å². The van der Waals surface area contributed by atoms with E-state index in [0.717, 1.165) is 48.2 Å². The summed E-state index contributed by atoms with van der Waals surface area (Å²) in [7, 11) is 0. The second kappa shape index (κ2) is 5.76. The minimum Gasteiger partial charge on any atom is -0.348 e. The summed E-state index contributed by atoms with van der Waals surface area (Å²) in [4.78, 5) is 8.44. The third kappa shape index (κ3) is 2.70. The van der Waals surface area contributed by atoms with Crippen LogP contribution in [0.4, 0.5) is 5.13 Å². The van der Waals surface area contributed by atoms with Gasteiger partial charge in [-0.2, -0.15) is 9.61 Å². The number of nitrogens with zero attached hydrogens (tertiary/aromatic N) is 6. The minimum atomic E-state index is 0.426. The SMILES string of the molecule is Cc1nc(N2CCC(c3nnc4ccc(C5CC5)nn34)CC2)sc1C. The number of piperidine rings is 1. The van der Waals surface area contributed by atoms with Crippen LogP contribution >= 0.6 is 11.3 Å². The van der Waals surface area contributed by atoms with Crippen LogP contribution in [0.2, 0.25) is 0 Å². The Labute approximate surface area is 150 Å². The van der Waals surface area contributed by atoms with Gasteiger partial charge >= 0.3 is 0 Å². The van der Waals surface area contributed by atoms with E-state index in [-0.39, 0.29) is 0 Å². The van der Waals surface area contributed by atoms with E-state index in [4.69, 9.17) is 10.1 Å². The average molecular weight is 354 g/mol. The van der Waals surface area contributed by atoms with Gasteiger partial charge in [0.25, 0.3) is 0 Å². The molecule has 2 fully saturated rings. The molecule has 0 aromatic carbocycles. The first-order valence-electron chi connectivity index (χ1n) is 9.10. The molecule has 1 saturated heterocycles. The summed E-state index contributed by atoms with van der Waals surface area (Å²) in [5.74, 6) is 2.11. The van der Waals surface area contributed by atoms with Crippen LogP contribution in [-0.4, -0.2) is 37.9 Å². The lowest BCUT2D eigenvalue weighted by molar-refractivity contribution is 0.476. The number of thiazole rings is 1. The fraction of sp³-hybridized carbons (Fsp3) is 0.556. The summed E-state index contributed by atoms with van der Waals surface area (Å²) in [6.07, 6.45) is 4.68. The van der Waals surface area contributed by atoms with Crippen molar-refractivity contribution in [1.29, 1.82) is 0 Å². The Morgan fingerprint density at radius 3 is 2.48 bits per heavy atom. The number of rotatable bonds is 3. The Morgan fingerprint density at radius 2 is 1.80 bits per heavy atom. The number of hydrogen-bond donors (Lipinski definition) is 0. The highest BCUT2D eigenvalue weighted by Gasteiger charge is 2.29. The smallest absolute Gasteiger partial charge is 0.185 e. The van der Waals surface area contributed by atoms with Gasteiger partial charge in [-0.15, -0.1) is 21.5 Å². The Bertz CT molecular complexity index is 897. The van der Waals surface area contributed by atoms with Gasteiger partial charge in [-0.25, -0.2) is 4.98 Å². The molecule has 1 aliphatic carbocycles. The minimum absolute atomic E-state index is 0.426. The molecule has 0 atom stereocenters. The quantitative estimate of drug-likeness (QED) is 0.721.